The Kier molecular flexibility index (Phi) is 5.88. The summed E-state index contributed by atoms with van der Waals surface area (Å²) in [6.45, 7) is 6.81. The van der Waals surface area contributed by atoms with Crippen molar-refractivity contribution < 1.29 is 0 Å². The van der Waals surface area contributed by atoms with Crippen LogP contribution < -0.4 is 5.32 Å². The van der Waals surface area contributed by atoms with Crippen LogP contribution in [0.1, 0.15) is 90.4 Å². The zero-order chi connectivity index (χ0) is 15.4. The van der Waals surface area contributed by atoms with E-state index in [1.165, 1.54) is 89.2 Å². The summed E-state index contributed by atoms with van der Waals surface area (Å²) >= 11 is 0. The van der Waals surface area contributed by atoms with Gasteiger partial charge in [-0.1, -0.05) is 58.4 Å². The van der Waals surface area contributed by atoms with E-state index in [0.29, 0.717) is 0 Å². The van der Waals surface area contributed by atoms with Gasteiger partial charge in [-0.3, -0.25) is 0 Å². The summed E-state index contributed by atoms with van der Waals surface area (Å²) in [5, 5.41) is 3.85. The molecule has 0 heterocycles. The molecule has 1 N–H and O–H groups in total. The lowest BCUT2D eigenvalue weighted by molar-refractivity contribution is 0.205. The molecule has 0 aromatic rings. The predicted octanol–water partition coefficient (Wildman–Crippen LogP) is 6.06. The Hall–Kier alpha value is -0.460. The second kappa shape index (κ2) is 7.88. The fourth-order valence-electron chi connectivity index (χ4n) is 5.50. The van der Waals surface area contributed by atoms with Crippen molar-refractivity contribution in [3.63, 3.8) is 0 Å². The van der Waals surface area contributed by atoms with Crippen molar-refractivity contribution >= 4 is 0 Å². The average Bonchev–Trinajstić information content (AvgIpc) is 3.10. The molecule has 0 bridgehead atoms. The number of hydrogen-bond acceptors (Lipinski definition) is 1. The largest absolute Gasteiger partial charge is 0.386 e. The van der Waals surface area contributed by atoms with Crippen LogP contribution in [0.15, 0.2) is 12.3 Å². The van der Waals surface area contributed by atoms with E-state index in [1.54, 1.807) is 0 Å². The number of nitrogens with one attached hydrogen (secondary N) is 1. The summed E-state index contributed by atoms with van der Waals surface area (Å²) < 4.78 is 0. The summed E-state index contributed by atoms with van der Waals surface area (Å²) in [5.74, 6) is 3.82. The molecule has 0 saturated heterocycles. The molecule has 3 saturated carbocycles. The minimum Gasteiger partial charge on any atom is -0.386 e. The average molecular weight is 304 g/mol. The third-order valence-electron chi connectivity index (χ3n) is 7.09. The van der Waals surface area contributed by atoms with Crippen LogP contribution in [0.4, 0.5) is 0 Å². The van der Waals surface area contributed by atoms with E-state index in [2.05, 4.69) is 18.8 Å². The van der Waals surface area contributed by atoms with E-state index in [0.717, 1.165) is 29.7 Å². The molecular weight excluding hydrogens is 266 g/mol. The zero-order valence-electron chi connectivity index (χ0n) is 14.8. The normalized spacial score (nSPS) is 37.1. The SMILES string of the molecule is C=C(NC1CCC(CC)CC1)C1CCCC(C2CCCC2)C1. The van der Waals surface area contributed by atoms with E-state index in [-0.39, 0.29) is 0 Å². The first-order valence-electron chi connectivity index (χ1n) is 10.2. The summed E-state index contributed by atoms with van der Waals surface area (Å²) in [6.07, 6.45) is 18.7. The van der Waals surface area contributed by atoms with Crippen LogP contribution in [0.5, 0.6) is 0 Å². The zero-order valence-corrected chi connectivity index (χ0v) is 14.8. The molecule has 3 aliphatic rings. The molecule has 1 heteroatoms. The quantitative estimate of drug-likeness (QED) is 0.651. The van der Waals surface area contributed by atoms with Gasteiger partial charge in [0.05, 0.1) is 0 Å². The Morgan fingerprint density at radius 2 is 1.55 bits per heavy atom. The molecule has 0 radical (unpaired) electrons. The van der Waals surface area contributed by atoms with E-state index in [1.807, 2.05) is 0 Å². The summed E-state index contributed by atoms with van der Waals surface area (Å²) in [4.78, 5) is 0. The minimum atomic E-state index is 0.724. The van der Waals surface area contributed by atoms with Crippen LogP contribution in [-0.4, -0.2) is 6.04 Å². The van der Waals surface area contributed by atoms with Crippen molar-refractivity contribution in [2.24, 2.45) is 23.7 Å². The molecule has 1 nitrogen and oxygen atoms in total. The first-order valence-corrected chi connectivity index (χ1v) is 10.2. The lowest BCUT2D eigenvalue weighted by Gasteiger charge is -2.36. The maximum atomic E-state index is 4.46. The highest BCUT2D eigenvalue weighted by molar-refractivity contribution is 5.03. The van der Waals surface area contributed by atoms with Crippen LogP contribution >= 0.6 is 0 Å². The van der Waals surface area contributed by atoms with Gasteiger partial charge in [0.15, 0.2) is 0 Å². The molecule has 0 aromatic heterocycles. The van der Waals surface area contributed by atoms with Gasteiger partial charge < -0.3 is 5.32 Å². The van der Waals surface area contributed by atoms with Crippen LogP contribution in [-0.2, 0) is 0 Å². The predicted molar refractivity (Wildman–Crippen MR) is 95.7 cm³/mol. The van der Waals surface area contributed by atoms with Crippen molar-refractivity contribution in [2.45, 2.75) is 96.4 Å². The van der Waals surface area contributed by atoms with Crippen LogP contribution in [0.3, 0.4) is 0 Å². The van der Waals surface area contributed by atoms with E-state index in [4.69, 9.17) is 0 Å². The summed E-state index contributed by atoms with van der Waals surface area (Å²) in [7, 11) is 0. The van der Waals surface area contributed by atoms with Gasteiger partial charge in [-0.2, -0.15) is 0 Å². The lowest BCUT2D eigenvalue weighted by atomic mass is 9.73. The molecule has 126 valence electrons. The molecule has 0 aromatic carbocycles. The molecular formula is C21H37N. The standard InChI is InChI=1S/C21H37N/c1-3-17-11-13-21(14-12-17)22-16(2)19-9-6-10-20(15-19)18-7-4-5-8-18/h17-22H,2-15H2,1H3. The molecule has 3 rings (SSSR count). The van der Waals surface area contributed by atoms with Gasteiger partial charge in [0.25, 0.3) is 0 Å². The van der Waals surface area contributed by atoms with Crippen molar-refractivity contribution in [3.05, 3.63) is 12.3 Å². The van der Waals surface area contributed by atoms with E-state index >= 15 is 0 Å². The monoisotopic (exact) mass is 303 g/mol. The Morgan fingerprint density at radius 3 is 2.23 bits per heavy atom. The highest BCUT2D eigenvalue weighted by Gasteiger charge is 2.31. The number of allylic oxidation sites excluding steroid dienone is 1. The van der Waals surface area contributed by atoms with Gasteiger partial charge in [-0.05, 0) is 62.2 Å². The Bertz CT molecular complexity index is 347. The minimum absolute atomic E-state index is 0.724. The van der Waals surface area contributed by atoms with Crippen LogP contribution in [0.25, 0.3) is 0 Å². The fourth-order valence-corrected chi connectivity index (χ4v) is 5.50. The molecule has 0 aliphatic heterocycles. The molecule has 22 heavy (non-hydrogen) atoms. The number of hydrogen-bond donors (Lipinski definition) is 1. The van der Waals surface area contributed by atoms with E-state index < -0.39 is 0 Å². The lowest BCUT2D eigenvalue weighted by Crippen LogP contribution is -2.36. The number of rotatable bonds is 5. The molecule has 3 aliphatic carbocycles. The van der Waals surface area contributed by atoms with Crippen molar-refractivity contribution in [3.8, 4) is 0 Å². The maximum absolute atomic E-state index is 4.46. The van der Waals surface area contributed by atoms with Gasteiger partial charge >= 0.3 is 0 Å². The van der Waals surface area contributed by atoms with Crippen molar-refractivity contribution in [1.29, 1.82) is 0 Å². The second-order valence-electron chi connectivity index (χ2n) is 8.46. The topological polar surface area (TPSA) is 12.0 Å². The fraction of sp³-hybridized carbons (Fsp3) is 0.905. The molecule has 2 unspecified atom stereocenters. The Balaban J connectivity index is 1.45. The van der Waals surface area contributed by atoms with Gasteiger partial charge in [-0.25, -0.2) is 0 Å². The van der Waals surface area contributed by atoms with Gasteiger partial charge in [0, 0.05) is 11.7 Å². The Morgan fingerprint density at radius 1 is 0.864 bits per heavy atom. The van der Waals surface area contributed by atoms with E-state index in [9.17, 15) is 0 Å². The molecule has 0 amide bonds. The van der Waals surface area contributed by atoms with Gasteiger partial charge in [-0.15, -0.1) is 0 Å². The first kappa shape index (κ1) is 16.4. The van der Waals surface area contributed by atoms with Crippen LogP contribution in [0.2, 0.25) is 0 Å². The third kappa shape index (κ3) is 4.09. The summed E-state index contributed by atoms with van der Waals surface area (Å²) in [6, 6.07) is 0.724. The van der Waals surface area contributed by atoms with Crippen molar-refractivity contribution in [1.82, 2.24) is 5.32 Å². The van der Waals surface area contributed by atoms with Gasteiger partial charge in [0.1, 0.15) is 0 Å². The smallest absolute Gasteiger partial charge is 0.0258 e. The highest BCUT2D eigenvalue weighted by atomic mass is 14.9. The van der Waals surface area contributed by atoms with Crippen molar-refractivity contribution in [2.75, 3.05) is 0 Å². The molecule has 0 spiro atoms. The van der Waals surface area contributed by atoms with Crippen LogP contribution in [0, 0.1) is 23.7 Å². The first-order chi connectivity index (χ1) is 10.8. The highest BCUT2D eigenvalue weighted by Crippen LogP contribution is 2.42. The molecule has 2 atom stereocenters. The third-order valence-corrected chi connectivity index (χ3v) is 7.09. The molecule has 3 fully saturated rings. The summed E-state index contributed by atoms with van der Waals surface area (Å²) in [5.41, 5.74) is 1.39. The second-order valence-corrected chi connectivity index (χ2v) is 8.46. The van der Waals surface area contributed by atoms with Gasteiger partial charge in [0.2, 0.25) is 0 Å². The maximum Gasteiger partial charge on any atom is 0.0258 e. The Labute approximate surface area is 138 Å².